The molecule has 0 spiro atoms. The molecular weight excluding hydrogens is 206 g/mol. The average molecular weight is 227 g/mol. The fourth-order valence-electron chi connectivity index (χ4n) is 1.58. The van der Waals surface area contributed by atoms with Crippen molar-refractivity contribution in [2.24, 2.45) is 0 Å². The Kier molecular flexibility index (Phi) is 5.83. The molecule has 1 aromatic heterocycles. The molecule has 0 fully saturated rings. The largest absolute Gasteiger partial charge is 0.312 e. The summed E-state index contributed by atoms with van der Waals surface area (Å²) in [4.78, 5) is 7.71. The highest BCUT2D eigenvalue weighted by molar-refractivity contribution is 7.09. The first kappa shape index (κ1) is 12.6. The first-order valence-corrected chi connectivity index (χ1v) is 6.35. The van der Waals surface area contributed by atoms with Gasteiger partial charge in [-0.3, -0.25) is 4.98 Å². The van der Waals surface area contributed by atoms with Crippen LogP contribution in [0.15, 0.2) is 11.7 Å². The zero-order valence-corrected chi connectivity index (χ0v) is 10.7. The highest BCUT2D eigenvalue weighted by atomic mass is 32.1. The van der Waals surface area contributed by atoms with Crippen LogP contribution in [-0.2, 0) is 6.42 Å². The maximum absolute atomic E-state index is 4.11. The van der Waals surface area contributed by atoms with Gasteiger partial charge < -0.3 is 10.2 Å². The minimum atomic E-state index is 0.542. The molecule has 0 aliphatic heterocycles. The number of aromatic nitrogens is 1. The smallest absolute Gasteiger partial charge is 0.0794 e. The van der Waals surface area contributed by atoms with Gasteiger partial charge in [-0.15, -0.1) is 11.3 Å². The van der Waals surface area contributed by atoms with Gasteiger partial charge in [-0.1, -0.05) is 6.92 Å². The molecule has 86 valence electrons. The summed E-state index contributed by atoms with van der Waals surface area (Å²) < 4.78 is 0. The molecule has 0 bridgehead atoms. The number of nitrogens with zero attached hydrogens (tertiary/aromatic N) is 2. The molecule has 4 heteroatoms. The third kappa shape index (κ3) is 5.25. The molecule has 1 unspecified atom stereocenters. The Morgan fingerprint density at radius 3 is 2.87 bits per heavy atom. The summed E-state index contributed by atoms with van der Waals surface area (Å²) in [5.41, 5.74) is 1.90. The number of thiazole rings is 1. The Balaban J connectivity index is 2.41. The van der Waals surface area contributed by atoms with E-state index in [9.17, 15) is 0 Å². The Labute approximate surface area is 96.5 Å². The van der Waals surface area contributed by atoms with E-state index in [1.807, 2.05) is 11.7 Å². The van der Waals surface area contributed by atoms with Crippen LogP contribution in [0.25, 0.3) is 0 Å². The molecule has 1 rings (SSSR count). The molecule has 1 atom stereocenters. The van der Waals surface area contributed by atoms with E-state index in [-0.39, 0.29) is 0 Å². The number of nitrogens with one attached hydrogen (secondary N) is 1. The van der Waals surface area contributed by atoms with Gasteiger partial charge in [0.2, 0.25) is 0 Å². The average Bonchev–Trinajstić information content (AvgIpc) is 2.66. The van der Waals surface area contributed by atoms with Crippen LogP contribution in [0.3, 0.4) is 0 Å². The van der Waals surface area contributed by atoms with Gasteiger partial charge in [0, 0.05) is 23.7 Å². The first-order valence-electron chi connectivity index (χ1n) is 5.47. The van der Waals surface area contributed by atoms with Crippen molar-refractivity contribution in [2.45, 2.75) is 25.8 Å². The molecule has 15 heavy (non-hydrogen) atoms. The van der Waals surface area contributed by atoms with Gasteiger partial charge in [-0.25, -0.2) is 0 Å². The van der Waals surface area contributed by atoms with Crippen LogP contribution in [0.5, 0.6) is 0 Å². The second-order valence-corrected chi connectivity index (χ2v) is 5.06. The third-order valence-corrected chi connectivity index (χ3v) is 3.00. The molecule has 0 aliphatic rings. The standard InChI is InChI=1S/C11H21N3S/c1-4-5-13-10(8-14(2)3)6-11-7-12-9-15-11/h7,9-10,13H,4-6,8H2,1-3H3. The van der Waals surface area contributed by atoms with E-state index < -0.39 is 0 Å². The molecular formula is C11H21N3S. The predicted molar refractivity (Wildman–Crippen MR) is 66.5 cm³/mol. The summed E-state index contributed by atoms with van der Waals surface area (Å²) in [6.45, 7) is 4.38. The summed E-state index contributed by atoms with van der Waals surface area (Å²) >= 11 is 1.74. The van der Waals surface area contributed by atoms with Gasteiger partial charge in [0.1, 0.15) is 0 Å². The molecule has 1 heterocycles. The van der Waals surface area contributed by atoms with E-state index >= 15 is 0 Å². The van der Waals surface area contributed by atoms with Crippen LogP contribution in [0, 0.1) is 0 Å². The molecule has 0 aromatic carbocycles. The van der Waals surface area contributed by atoms with Crippen molar-refractivity contribution in [3.05, 3.63) is 16.6 Å². The highest BCUT2D eigenvalue weighted by Gasteiger charge is 2.10. The summed E-state index contributed by atoms with van der Waals surface area (Å²) in [6.07, 6.45) is 4.25. The monoisotopic (exact) mass is 227 g/mol. The summed E-state index contributed by atoms with van der Waals surface area (Å²) in [5.74, 6) is 0. The molecule has 0 aliphatic carbocycles. The Morgan fingerprint density at radius 2 is 2.33 bits per heavy atom. The molecule has 1 N–H and O–H groups in total. The van der Waals surface area contributed by atoms with E-state index in [1.54, 1.807) is 11.3 Å². The van der Waals surface area contributed by atoms with Gasteiger partial charge in [0.25, 0.3) is 0 Å². The van der Waals surface area contributed by atoms with Crippen LogP contribution in [-0.4, -0.2) is 43.1 Å². The number of likely N-dealkylation sites (N-methyl/N-ethyl adjacent to an activating group) is 1. The van der Waals surface area contributed by atoms with Gasteiger partial charge in [-0.05, 0) is 33.5 Å². The second kappa shape index (κ2) is 6.93. The quantitative estimate of drug-likeness (QED) is 0.767. The number of hydrogen-bond acceptors (Lipinski definition) is 4. The SMILES string of the molecule is CCCNC(Cc1cncs1)CN(C)C. The van der Waals surface area contributed by atoms with E-state index in [1.165, 1.54) is 11.3 Å². The topological polar surface area (TPSA) is 28.2 Å². The van der Waals surface area contributed by atoms with Gasteiger partial charge >= 0.3 is 0 Å². The molecule has 0 radical (unpaired) electrons. The molecule has 1 aromatic rings. The van der Waals surface area contributed by atoms with Crippen LogP contribution < -0.4 is 5.32 Å². The fraction of sp³-hybridized carbons (Fsp3) is 0.727. The Morgan fingerprint density at radius 1 is 1.53 bits per heavy atom. The lowest BCUT2D eigenvalue weighted by Crippen LogP contribution is -2.40. The minimum Gasteiger partial charge on any atom is -0.312 e. The Bertz CT molecular complexity index is 246. The summed E-state index contributed by atoms with van der Waals surface area (Å²) in [6, 6.07) is 0.542. The maximum Gasteiger partial charge on any atom is 0.0794 e. The van der Waals surface area contributed by atoms with Crippen LogP contribution >= 0.6 is 11.3 Å². The van der Waals surface area contributed by atoms with Crippen molar-refractivity contribution in [1.29, 1.82) is 0 Å². The van der Waals surface area contributed by atoms with Crippen molar-refractivity contribution >= 4 is 11.3 Å². The van der Waals surface area contributed by atoms with Crippen molar-refractivity contribution in [3.8, 4) is 0 Å². The third-order valence-electron chi connectivity index (χ3n) is 2.20. The predicted octanol–water partition coefficient (Wildman–Crippen LogP) is 1.62. The summed E-state index contributed by atoms with van der Waals surface area (Å²) in [7, 11) is 4.24. The maximum atomic E-state index is 4.11. The first-order chi connectivity index (χ1) is 7.22. The van der Waals surface area contributed by atoms with Crippen molar-refractivity contribution < 1.29 is 0 Å². The van der Waals surface area contributed by atoms with Gasteiger partial charge in [0.05, 0.1) is 5.51 Å². The van der Waals surface area contributed by atoms with Gasteiger partial charge in [0.15, 0.2) is 0 Å². The van der Waals surface area contributed by atoms with E-state index in [0.717, 1.165) is 19.5 Å². The van der Waals surface area contributed by atoms with Crippen molar-refractivity contribution in [1.82, 2.24) is 15.2 Å². The second-order valence-electron chi connectivity index (χ2n) is 4.09. The van der Waals surface area contributed by atoms with Crippen LogP contribution in [0.2, 0.25) is 0 Å². The zero-order chi connectivity index (χ0) is 11.1. The zero-order valence-electron chi connectivity index (χ0n) is 9.86. The minimum absolute atomic E-state index is 0.542. The number of rotatable bonds is 7. The van der Waals surface area contributed by atoms with E-state index in [0.29, 0.717) is 6.04 Å². The molecule has 0 saturated carbocycles. The van der Waals surface area contributed by atoms with Crippen LogP contribution in [0.4, 0.5) is 0 Å². The number of hydrogen-bond donors (Lipinski definition) is 1. The Hall–Kier alpha value is -0.450. The normalized spacial score (nSPS) is 13.3. The molecule has 0 amide bonds. The van der Waals surface area contributed by atoms with E-state index in [2.05, 4.69) is 36.2 Å². The van der Waals surface area contributed by atoms with Crippen LogP contribution in [0.1, 0.15) is 18.2 Å². The lowest BCUT2D eigenvalue weighted by Gasteiger charge is -2.21. The lowest BCUT2D eigenvalue weighted by molar-refractivity contribution is 0.337. The molecule has 0 saturated heterocycles. The van der Waals surface area contributed by atoms with E-state index in [4.69, 9.17) is 0 Å². The summed E-state index contributed by atoms with van der Waals surface area (Å²) in [5, 5.41) is 3.58. The van der Waals surface area contributed by atoms with Crippen molar-refractivity contribution in [2.75, 3.05) is 27.2 Å². The van der Waals surface area contributed by atoms with Gasteiger partial charge in [-0.2, -0.15) is 0 Å². The highest BCUT2D eigenvalue weighted by Crippen LogP contribution is 2.09. The fourth-order valence-corrected chi connectivity index (χ4v) is 2.25. The lowest BCUT2D eigenvalue weighted by atomic mass is 10.2. The molecule has 3 nitrogen and oxygen atoms in total. The van der Waals surface area contributed by atoms with Crippen molar-refractivity contribution in [3.63, 3.8) is 0 Å².